The molecular weight excluding hydrogens is 348 g/mol. The second kappa shape index (κ2) is 10.3. The first kappa shape index (κ1) is 20.4. The lowest BCUT2D eigenvalue weighted by Crippen LogP contribution is -2.48. The normalized spacial score (nSPS) is 17.3. The number of carbonyl (C=O) groups excluding carboxylic acids is 1. The maximum absolute atomic E-state index is 12.1. The van der Waals surface area contributed by atoms with Crippen LogP contribution in [0.3, 0.4) is 0 Å². The maximum atomic E-state index is 12.1. The van der Waals surface area contributed by atoms with Crippen molar-refractivity contribution in [2.75, 3.05) is 26.2 Å². The van der Waals surface area contributed by atoms with Gasteiger partial charge in [-0.3, -0.25) is 14.9 Å². The minimum Gasteiger partial charge on any atom is -0.466 e. The largest absolute Gasteiger partial charge is 0.466 e. The molecule has 0 radical (unpaired) electrons. The van der Waals surface area contributed by atoms with Crippen LogP contribution < -0.4 is 5.32 Å². The van der Waals surface area contributed by atoms with Crippen LogP contribution in [-0.4, -0.2) is 48.0 Å². The molecule has 1 aliphatic heterocycles. The average Bonchev–Trinajstić information content (AvgIpc) is 2.68. The lowest BCUT2D eigenvalue weighted by Gasteiger charge is -2.34. The van der Waals surface area contributed by atoms with Gasteiger partial charge in [0.15, 0.2) is 5.96 Å². The van der Waals surface area contributed by atoms with Gasteiger partial charge in [0.05, 0.1) is 24.0 Å². The molecule has 0 saturated carbocycles. The van der Waals surface area contributed by atoms with E-state index in [1.54, 1.807) is 25.1 Å². The Morgan fingerprint density at radius 3 is 2.85 bits per heavy atom. The van der Waals surface area contributed by atoms with Crippen molar-refractivity contribution in [1.82, 2.24) is 10.2 Å². The van der Waals surface area contributed by atoms with Gasteiger partial charge in [-0.25, -0.2) is 4.99 Å². The number of nitrogens with zero attached hydrogens (tertiary/aromatic N) is 3. The maximum Gasteiger partial charge on any atom is 0.310 e. The van der Waals surface area contributed by atoms with Gasteiger partial charge in [-0.1, -0.05) is 18.2 Å². The van der Waals surface area contributed by atoms with E-state index in [2.05, 4.69) is 21.8 Å². The van der Waals surface area contributed by atoms with Gasteiger partial charge >= 0.3 is 5.97 Å². The van der Waals surface area contributed by atoms with Crippen molar-refractivity contribution >= 4 is 17.6 Å². The van der Waals surface area contributed by atoms with E-state index in [0.717, 1.165) is 24.9 Å². The van der Waals surface area contributed by atoms with Crippen LogP contribution in [0.4, 0.5) is 5.69 Å². The number of esters is 1. The zero-order valence-electron chi connectivity index (χ0n) is 15.6. The highest BCUT2D eigenvalue weighted by atomic mass is 16.6. The molecule has 2 rings (SSSR count). The number of rotatable bonds is 7. The number of ether oxygens (including phenoxy) is 1. The van der Waals surface area contributed by atoms with E-state index < -0.39 is 4.92 Å². The highest BCUT2D eigenvalue weighted by molar-refractivity contribution is 5.81. The van der Waals surface area contributed by atoms with Gasteiger partial charge < -0.3 is 15.0 Å². The summed E-state index contributed by atoms with van der Waals surface area (Å²) >= 11 is 0. The summed E-state index contributed by atoms with van der Waals surface area (Å²) in [5.74, 6) is 0.372. The molecule has 1 aromatic carbocycles. The van der Waals surface area contributed by atoms with E-state index in [4.69, 9.17) is 4.74 Å². The van der Waals surface area contributed by atoms with Crippen molar-refractivity contribution < 1.29 is 14.5 Å². The Hall–Kier alpha value is -2.90. The first-order valence-electron chi connectivity index (χ1n) is 9.09. The topological polar surface area (TPSA) is 97.1 Å². The van der Waals surface area contributed by atoms with Gasteiger partial charge in [-0.15, -0.1) is 6.58 Å². The molecule has 1 N–H and O–H groups in total. The fraction of sp³-hybridized carbons (Fsp3) is 0.474. The lowest BCUT2D eigenvalue weighted by molar-refractivity contribution is -0.384. The van der Waals surface area contributed by atoms with E-state index in [1.807, 2.05) is 0 Å². The molecular formula is C19H26N4O4. The third-order valence-corrected chi connectivity index (χ3v) is 4.30. The summed E-state index contributed by atoms with van der Waals surface area (Å²) in [7, 11) is 0. The fourth-order valence-electron chi connectivity index (χ4n) is 2.94. The minimum absolute atomic E-state index is 0.0565. The highest BCUT2D eigenvalue weighted by Crippen LogP contribution is 2.18. The van der Waals surface area contributed by atoms with E-state index in [9.17, 15) is 14.9 Å². The van der Waals surface area contributed by atoms with Crippen LogP contribution >= 0.6 is 0 Å². The van der Waals surface area contributed by atoms with Crippen LogP contribution in [-0.2, 0) is 16.1 Å². The van der Waals surface area contributed by atoms with E-state index in [-0.39, 0.29) is 17.6 Å². The van der Waals surface area contributed by atoms with Crippen LogP contribution in [0.5, 0.6) is 0 Å². The van der Waals surface area contributed by atoms with Crippen LogP contribution in [0, 0.1) is 16.0 Å². The molecule has 1 aliphatic rings. The Labute approximate surface area is 159 Å². The number of benzene rings is 1. The number of hydrogen-bond acceptors (Lipinski definition) is 5. The second-order valence-electron chi connectivity index (χ2n) is 6.27. The number of non-ortho nitro benzene ring substituents is 1. The molecule has 1 aromatic rings. The molecule has 0 spiro atoms. The molecule has 1 fully saturated rings. The van der Waals surface area contributed by atoms with Gasteiger partial charge in [0.1, 0.15) is 0 Å². The number of guanidine groups is 1. The van der Waals surface area contributed by atoms with Crippen molar-refractivity contribution in [3.05, 3.63) is 52.6 Å². The number of piperidine rings is 1. The predicted molar refractivity (Wildman–Crippen MR) is 103 cm³/mol. The van der Waals surface area contributed by atoms with Crippen molar-refractivity contribution in [1.29, 1.82) is 0 Å². The number of aliphatic imine (C=N–C) groups is 1. The number of hydrogen-bond donors (Lipinski definition) is 1. The quantitative estimate of drug-likeness (QED) is 0.197. The van der Waals surface area contributed by atoms with E-state index in [0.29, 0.717) is 32.2 Å². The minimum atomic E-state index is -0.423. The predicted octanol–water partition coefficient (Wildman–Crippen LogP) is 2.50. The monoisotopic (exact) mass is 374 g/mol. The van der Waals surface area contributed by atoms with Crippen LogP contribution in [0.25, 0.3) is 0 Å². The van der Waals surface area contributed by atoms with Gasteiger partial charge in [0.25, 0.3) is 5.69 Å². The molecule has 8 heteroatoms. The number of likely N-dealkylation sites (tertiary alicyclic amines) is 1. The summed E-state index contributed by atoms with van der Waals surface area (Å²) in [6, 6.07) is 6.34. The summed E-state index contributed by atoms with van der Waals surface area (Å²) < 4.78 is 5.15. The number of nitro groups is 1. The summed E-state index contributed by atoms with van der Waals surface area (Å²) in [5.41, 5.74) is 0.929. The van der Waals surface area contributed by atoms with E-state index in [1.165, 1.54) is 12.1 Å². The van der Waals surface area contributed by atoms with Gasteiger partial charge in [0.2, 0.25) is 0 Å². The molecule has 1 saturated heterocycles. The van der Waals surface area contributed by atoms with Crippen molar-refractivity contribution in [3.8, 4) is 0 Å². The highest BCUT2D eigenvalue weighted by Gasteiger charge is 2.28. The van der Waals surface area contributed by atoms with Crippen molar-refractivity contribution in [3.63, 3.8) is 0 Å². The van der Waals surface area contributed by atoms with Crippen LogP contribution in [0.15, 0.2) is 41.9 Å². The second-order valence-corrected chi connectivity index (χ2v) is 6.27. The molecule has 27 heavy (non-hydrogen) atoms. The summed E-state index contributed by atoms with van der Waals surface area (Å²) in [4.78, 5) is 29.1. The summed E-state index contributed by atoms with van der Waals surface area (Å²) in [5, 5.41) is 14.0. The average molecular weight is 374 g/mol. The molecule has 1 unspecified atom stereocenters. The van der Waals surface area contributed by atoms with Gasteiger partial charge in [-0.2, -0.15) is 0 Å². The molecule has 0 aromatic heterocycles. The SMILES string of the molecule is C=CCNC(=NCc1ccc([N+](=O)[O-])cc1)N1CCCC(C(=O)OCC)C1. The molecule has 1 heterocycles. The Kier molecular flexibility index (Phi) is 7.79. The molecule has 0 bridgehead atoms. The fourth-order valence-corrected chi connectivity index (χ4v) is 2.94. The Balaban J connectivity index is 2.08. The molecule has 0 amide bonds. The number of nitro benzene ring substituents is 1. The number of carbonyl (C=O) groups is 1. The molecule has 146 valence electrons. The van der Waals surface area contributed by atoms with Gasteiger partial charge in [0, 0.05) is 31.8 Å². The van der Waals surface area contributed by atoms with Gasteiger partial charge in [-0.05, 0) is 25.3 Å². The Morgan fingerprint density at radius 2 is 2.22 bits per heavy atom. The zero-order valence-corrected chi connectivity index (χ0v) is 15.6. The third-order valence-electron chi connectivity index (χ3n) is 4.30. The molecule has 1 atom stereocenters. The summed E-state index contributed by atoms with van der Waals surface area (Å²) in [6.07, 6.45) is 3.44. The van der Waals surface area contributed by atoms with Crippen molar-refractivity contribution in [2.45, 2.75) is 26.3 Å². The van der Waals surface area contributed by atoms with E-state index >= 15 is 0 Å². The number of nitrogens with one attached hydrogen (secondary N) is 1. The third kappa shape index (κ3) is 6.09. The Morgan fingerprint density at radius 1 is 1.48 bits per heavy atom. The van der Waals surface area contributed by atoms with Crippen molar-refractivity contribution in [2.24, 2.45) is 10.9 Å². The van der Waals surface area contributed by atoms with Crippen LogP contribution in [0.1, 0.15) is 25.3 Å². The first-order chi connectivity index (χ1) is 13.0. The molecule has 0 aliphatic carbocycles. The molecule has 8 nitrogen and oxygen atoms in total. The van der Waals surface area contributed by atoms with Crippen LogP contribution in [0.2, 0.25) is 0 Å². The first-order valence-corrected chi connectivity index (χ1v) is 9.09. The standard InChI is InChI=1S/C19H26N4O4/c1-3-11-20-19(21-13-15-7-9-17(10-8-15)23(25)26)22-12-5-6-16(14-22)18(24)27-4-2/h3,7-10,16H,1,4-6,11-14H2,2H3,(H,20,21). The lowest BCUT2D eigenvalue weighted by atomic mass is 9.98. The Bertz CT molecular complexity index is 687. The smallest absolute Gasteiger partial charge is 0.310 e. The summed E-state index contributed by atoms with van der Waals surface area (Å²) in [6.45, 7) is 8.21. The zero-order chi connectivity index (χ0) is 19.6.